The number of carbonyl (C=O) groups is 2. The number of furan rings is 1. The number of nitrogens with one attached hydrogen (secondary N) is 2. The number of halogens is 1. The maximum atomic E-state index is 12.4. The predicted molar refractivity (Wildman–Crippen MR) is 117 cm³/mol. The Hall–Kier alpha value is -2.12. The van der Waals surface area contributed by atoms with E-state index in [9.17, 15) is 9.59 Å². The van der Waals surface area contributed by atoms with E-state index >= 15 is 0 Å². The molecule has 0 radical (unpaired) electrons. The number of likely N-dealkylation sites (tertiary alicyclic amines) is 1. The highest BCUT2D eigenvalue weighted by Crippen LogP contribution is 2.17. The molecule has 0 aliphatic carbocycles. The average molecular weight is 462 g/mol. The minimum absolute atomic E-state index is 0.0459. The molecule has 2 heterocycles. The molecular formula is C22H28BrN3O3. The minimum Gasteiger partial charge on any atom is -0.444 e. The second-order valence-corrected chi connectivity index (χ2v) is 8.75. The van der Waals surface area contributed by atoms with Gasteiger partial charge in [0.15, 0.2) is 10.4 Å². The number of hydrogen-bond donors (Lipinski definition) is 2. The molecule has 0 saturated carbocycles. The van der Waals surface area contributed by atoms with Crippen LogP contribution in [0.25, 0.3) is 0 Å². The fourth-order valence-electron chi connectivity index (χ4n) is 3.58. The topological polar surface area (TPSA) is 74.6 Å². The summed E-state index contributed by atoms with van der Waals surface area (Å²) in [5.41, 5.74) is 1.57. The Bertz CT molecular complexity index is 824. The maximum absolute atomic E-state index is 12.4. The maximum Gasteiger partial charge on any atom is 0.291 e. The molecule has 2 N–H and O–H groups in total. The molecule has 6 nitrogen and oxygen atoms in total. The molecule has 0 atom stereocenters. The van der Waals surface area contributed by atoms with Crippen LogP contribution in [0.5, 0.6) is 0 Å². The third kappa shape index (κ3) is 6.72. The Morgan fingerprint density at radius 3 is 2.41 bits per heavy atom. The van der Waals surface area contributed by atoms with Gasteiger partial charge < -0.3 is 20.0 Å². The number of piperidine rings is 1. The number of amides is 2. The lowest BCUT2D eigenvalue weighted by Gasteiger charge is -2.33. The molecule has 1 aliphatic heterocycles. The lowest BCUT2D eigenvalue weighted by molar-refractivity contribution is -0.121. The highest BCUT2D eigenvalue weighted by molar-refractivity contribution is 9.10. The van der Waals surface area contributed by atoms with Crippen molar-refractivity contribution in [1.82, 2.24) is 10.2 Å². The molecule has 0 bridgehead atoms. The van der Waals surface area contributed by atoms with Gasteiger partial charge in [0.1, 0.15) is 0 Å². The zero-order valence-electron chi connectivity index (χ0n) is 16.9. The average Bonchev–Trinajstić information content (AvgIpc) is 3.11. The van der Waals surface area contributed by atoms with Crippen molar-refractivity contribution in [3.05, 3.63) is 52.4 Å². The molecule has 1 saturated heterocycles. The van der Waals surface area contributed by atoms with Crippen LogP contribution in [0.1, 0.15) is 42.8 Å². The highest BCUT2D eigenvalue weighted by Gasteiger charge is 2.21. The molecule has 29 heavy (non-hydrogen) atoms. The Morgan fingerprint density at radius 1 is 1.14 bits per heavy atom. The van der Waals surface area contributed by atoms with E-state index in [0.29, 0.717) is 22.7 Å². The molecular weight excluding hydrogens is 434 g/mol. The molecule has 1 aromatic carbocycles. The molecule has 2 aromatic rings. The van der Waals surface area contributed by atoms with Crippen LogP contribution in [0, 0.1) is 5.92 Å². The van der Waals surface area contributed by atoms with Gasteiger partial charge in [-0.3, -0.25) is 9.59 Å². The number of benzene rings is 1. The molecule has 156 valence electrons. The van der Waals surface area contributed by atoms with Crippen LogP contribution in [0.3, 0.4) is 0 Å². The van der Waals surface area contributed by atoms with Gasteiger partial charge in [-0.05, 0) is 64.5 Å². The summed E-state index contributed by atoms with van der Waals surface area (Å²) >= 11 is 3.18. The first kappa shape index (κ1) is 21.6. The van der Waals surface area contributed by atoms with Crippen molar-refractivity contribution in [1.29, 1.82) is 0 Å². The summed E-state index contributed by atoms with van der Waals surface area (Å²) < 4.78 is 5.75. The number of hydrogen-bond acceptors (Lipinski definition) is 4. The molecule has 3 rings (SSSR count). The third-order valence-electron chi connectivity index (χ3n) is 4.95. The van der Waals surface area contributed by atoms with Crippen molar-refractivity contribution in [2.24, 2.45) is 5.92 Å². The molecule has 1 aromatic heterocycles. The summed E-state index contributed by atoms with van der Waals surface area (Å²) in [6.07, 6.45) is 2.35. The molecule has 2 amide bonds. The Balaban J connectivity index is 1.43. The summed E-state index contributed by atoms with van der Waals surface area (Å²) in [4.78, 5) is 27.0. The first-order chi connectivity index (χ1) is 13.9. The van der Waals surface area contributed by atoms with E-state index in [2.05, 4.69) is 45.3 Å². The van der Waals surface area contributed by atoms with Crippen molar-refractivity contribution in [3.8, 4) is 0 Å². The largest absolute Gasteiger partial charge is 0.444 e. The Morgan fingerprint density at radius 2 is 1.83 bits per heavy atom. The van der Waals surface area contributed by atoms with Gasteiger partial charge in [0.05, 0.1) is 6.42 Å². The number of carbonyl (C=O) groups excluding carboxylic acids is 2. The zero-order chi connectivity index (χ0) is 20.8. The number of rotatable bonds is 7. The van der Waals surface area contributed by atoms with E-state index in [0.717, 1.165) is 38.0 Å². The summed E-state index contributed by atoms with van der Waals surface area (Å²) in [5.74, 6) is 0.643. The second-order valence-electron chi connectivity index (χ2n) is 7.97. The lowest BCUT2D eigenvalue weighted by Crippen LogP contribution is -2.45. The van der Waals surface area contributed by atoms with Crippen LogP contribution >= 0.6 is 15.9 Å². The van der Waals surface area contributed by atoms with E-state index in [1.165, 1.54) is 0 Å². The highest BCUT2D eigenvalue weighted by atomic mass is 79.9. The molecule has 1 fully saturated rings. The van der Waals surface area contributed by atoms with Crippen molar-refractivity contribution in [2.75, 3.05) is 25.0 Å². The standard InChI is InChI=1S/C22H28BrN3O3/c1-15(2)14-26-11-9-18(10-12-26)24-21(27)13-16-3-5-17(6-4-16)25-22(28)19-7-8-20(23)29-19/h3-8,15,18H,9-14H2,1-2H3,(H,24,27)(H,25,28). The number of anilines is 1. The van der Waals surface area contributed by atoms with Crippen LogP contribution in [-0.4, -0.2) is 42.4 Å². The lowest BCUT2D eigenvalue weighted by atomic mass is 10.0. The van der Waals surface area contributed by atoms with Gasteiger partial charge >= 0.3 is 0 Å². The van der Waals surface area contributed by atoms with Crippen molar-refractivity contribution < 1.29 is 14.0 Å². The summed E-state index contributed by atoms with van der Waals surface area (Å²) in [6, 6.07) is 10.8. The first-order valence-electron chi connectivity index (χ1n) is 10.1. The fraction of sp³-hybridized carbons (Fsp3) is 0.455. The summed E-state index contributed by atoms with van der Waals surface area (Å²) in [6.45, 7) is 7.69. The van der Waals surface area contributed by atoms with Crippen LogP contribution in [0.15, 0.2) is 45.5 Å². The van der Waals surface area contributed by atoms with E-state index < -0.39 is 0 Å². The third-order valence-corrected chi connectivity index (χ3v) is 5.38. The van der Waals surface area contributed by atoms with Gasteiger partial charge in [0, 0.05) is 31.4 Å². The van der Waals surface area contributed by atoms with E-state index in [4.69, 9.17) is 4.42 Å². The van der Waals surface area contributed by atoms with E-state index in [1.54, 1.807) is 24.3 Å². The molecule has 1 aliphatic rings. The van der Waals surface area contributed by atoms with Gasteiger partial charge in [-0.15, -0.1) is 0 Å². The Labute approximate surface area is 180 Å². The number of nitrogens with zero attached hydrogens (tertiary/aromatic N) is 1. The first-order valence-corrected chi connectivity index (χ1v) is 10.9. The monoisotopic (exact) mass is 461 g/mol. The minimum atomic E-state index is -0.315. The van der Waals surface area contributed by atoms with Gasteiger partial charge in [0.25, 0.3) is 5.91 Å². The van der Waals surface area contributed by atoms with Crippen molar-refractivity contribution in [3.63, 3.8) is 0 Å². The molecule has 7 heteroatoms. The predicted octanol–water partition coefficient (Wildman–Crippen LogP) is 4.07. The normalized spacial score (nSPS) is 15.4. The van der Waals surface area contributed by atoms with E-state index in [-0.39, 0.29) is 23.6 Å². The summed E-state index contributed by atoms with van der Waals surface area (Å²) in [5, 5.41) is 5.94. The van der Waals surface area contributed by atoms with Gasteiger partial charge in [-0.25, -0.2) is 0 Å². The summed E-state index contributed by atoms with van der Waals surface area (Å²) in [7, 11) is 0. The van der Waals surface area contributed by atoms with Crippen LogP contribution < -0.4 is 10.6 Å². The van der Waals surface area contributed by atoms with E-state index in [1.807, 2.05) is 12.1 Å². The second kappa shape index (κ2) is 10.1. The van der Waals surface area contributed by atoms with Crippen LogP contribution in [0.2, 0.25) is 0 Å². The zero-order valence-corrected chi connectivity index (χ0v) is 18.5. The van der Waals surface area contributed by atoms with Crippen LogP contribution in [-0.2, 0) is 11.2 Å². The molecule has 0 unspecified atom stereocenters. The quantitative estimate of drug-likeness (QED) is 0.651. The molecule has 0 spiro atoms. The van der Waals surface area contributed by atoms with Crippen molar-refractivity contribution in [2.45, 2.75) is 39.2 Å². The van der Waals surface area contributed by atoms with Gasteiger partial charge in [0.2, 0.25) is 5.91 Å². The Kier molecular flexibility index (Phi) is 7.50. The van der Waals surface area contributed by atoms with Gasteiger partial charge in [-0.2, -0.15) is 0 Å². The smallest absolute Gasteiger partial charge is 0.291 e. The van der Waals surface area contributed by atoms with Gasteiger partial charge in [-0.1, -0.05) is 26.0 Å². The SMILES string of the molecule is CC(C)CN1CCC(NC(=O)Cc2ccc(NC(=O)c3ccc(Br)o3)cc2)CC1. The fourth-order valence-corrected chi connectivity index (χ4v) is 3.88. The van der Waals surface area contributed by atoms with Crippen LogP contribution in [0.4, 0.5) is 5.69 Å². The van der Waals surface area contributed by atoms with Crippen molar-refractivity contribution >= 4 is 33.4 Å².